The van der Waals surface area contributed by atoms with Gasteiger partial charge in [-0.3, -0.25) is 20.6 Å². The first kappa shape index (κ1) is 15.9. The van der Waals surface area contributed by atoms with Gasteiger partial charge in [0.25, 0.3) is 0 Å². The van der Waals surface area contributed by atoms with Crippen LogP contribution in [0, 0.1) is 0 Å². The Labute approximate surface area is 122 Å². The number of hydrogen-bond donors (Lipinski definition) is 2. The van der Waals surface area contributed by atoms with E-state index in [2.05, 4.69) is 11.0 Å². The van der Waals surface area contributed by atoms with Gasteiger partial charge in [-0.2, -0.15) is 0 Å². The summed E-state index contributed by atoms with van der Waals surface area (Å²) in [6.07, 6.45) is 3.68. The van der Waals surface area contributed by atoms with Gasteiger partial charge in [0.05, 0.1) is 30.0 Å². The molecule has 0 spiro atoms. The van der Waals surface area contributed by atoms with Crippen LogP contribution in [-0.4, -0.2) is 14.2 Å². The molecule has 0 heterocycles. The van der Waals surface area contributed by atoms with Crippen LogP contribution in [0.25, 0.3) is 5.70 Å². The van der Waals surface area contributed by atoms with Crippen molar-refractivity contribution < 1.29 is 9.68 Å². The second kappa shape index (κ2) is 8.07. The molecule has 1 aromatic rings. The highest BCUT2D eigenvalue weighted by Gasteiger charge is 2.04. The number of nitrogens with one attached hydrogen (secondary N) is 2. The van der Waals surface area contributed by atoms with Gasteiger partial charge >= 0.3 is 0 Å². The van der Waals surface area contributed by atoms with Crippen LogP contribution in [0.5, 0.6) is 0 Å². The van der Waals surface area contributed by atoms with E-state index >= 15 is 0 Å². The minimum absolute atomic E-state index is 0.485. The summed E-state index contributed by atoms with van der Waals surface area (Å²) in [6, 6.07) is 5.34. The third-order valence-corrected chi connectivity index (χ3v) is 2.94. The van der Waals surface area contributed by atoms with Crippen molar-refractivity contribution >= 4 is 28.9 Å². The van der Waals surface area contributed by atoms with Crippen LogP contribution in [0.2, 0.25) is 10.0 Å². The van der Waals surface area contributed by atoms with Crippen molar-refractivity contribution in [1.29, 1.82) is 0 Å². The Morgan fingerprint density at radius 2 is 1.74 bits per heavy atom. The standard InChI is InChI=1S/C13H16Cl2N2O2/c1-9(16-18-2)4-7-13(17-19-3)10-5-6-11(14)12(15)8-10/h4-8,16-17H,1-3H3/b9-4-,13-7-. The summed E-state index contributed by atoms with van der Waals surface area (Å²) in [4.78, 5) is 9.74. The van der Waals surface area contributed by atoms with Gasteiger partial charge in [-0.25, -0.2) is 0 Å². The van der Waals surface area contributed by atoms with E-state index in [1.165, 1.54) is 7.11 Å². The SMILES string of the molecule is CON/C(C)=C\C=C(/NOC)c1ccc(Cl)c(Cl)c1. The molecule has 0 aliphatic carbocycles. The number of benzene rings is 1. The van der Waals surface area contributed by atoms with E-state index in [4.69, 9.17) is 32.9 Å². The van der Waals surface area contributed by atoms with Crippen molar-refractivity contribution in [3.8, 4) is 0 Å². The highest BCUT2D eigenvalue weighted by Crippen LogP contribution is 2.25. The molecular weight excluding hydrogens is 287 g/mol. The van der Waals surface area contributed by atoms with Crippen LogP contribution in [0.3, 0.4) is 0 Å². The Morgan fingerprint density at radius 1 is 1.05 bits per heavy atom. The lowest BCUT2D eigenvalue weighted by Gasteiger charge is -2.09. The van der Waals surface area contributed by atoms with Gasteiger partial charge in [-0.15, -0.1) is 0 Å². The van der Waals surface area contributed by atoms with Gasteiger partial charge in [0.2, 0.25) is 0 Å². The van der Waals surface area contributed by atoms with E-state index in [1.807, 2.05) is 25.1 Å². The summed E-state index contributed by atoms with van der Waals surface area (Å²) in [5, 5.41) is 0.994. The second-order valence-electron chi connectivity index (χ2n) is 3.67. The van der Waals surface area contributed by atoms with Crippen LogP contribution < -0.4 is 11.0 Å². The molecule has 0 fully saturated rings. The summed E-state index contributed by atoms with van der Waals surface area (Å²) in [5.74, 6) is 0. The maximum atomic E-state index is 5.99. The van der Waals surface area contributed by atoms with Gasteiger partial charge in [-0.1, -0.05) is 29.3 Å². The average molecular weight is 303 g/mol. The van der Waals surface area contributed by atoms with Gasteiger partial charge in [-0.05, 0) is 31.2 Å². The smallest absolute Gasteiger partial charge is 0.0677 e. The molecule has 6 heteroatoms. The first-order valence-electron chi connectivity index (χ1n) is 5.50. The van der Waals surface area contributed by atoms with Crippen LogP contribution >= 0.6 is 23.2 Å². The van der Waals surface area contributed by atoms with E-state index in [0.29, 0.717) is 10.0 Å². The van der Waals surface area contributed by atoms with Crippen LogP contribution in [0.1, 0.15) is 12.5 Å². The third kappa shape index (κ3) is 5.12. The van der Waals surface area contributed by atoms with E-state index < -0.39 is 0 Å². The number of allylic oxidation sites excluding steroid dienone is 3. The molecule has 0 unspecified atom stereocenters. The molecule has 1 aromatic carbocycles. The zero-order chi connectivity index (χ0) is 14.3. The summed E-state index contributed by atoms with van der Waals surface area (Å²) in [7, 11) is 3.09. The van der Waals surface area contributed by atoms with E-state index in [9.17, 15) is 0 Å². The first-order valence-corrected chi connectivity index (χ1v) is 6.26. The molecule has 104 valence electrons. The second-order valence-corrected chi connectivity index (χ2v) is 4.49. The highest BCUT2D eigenvalue weighted by atomic mass is 35.5. The predicted molar refractivity (Wildman–Crippen MR) is 78.5 cm³/mol. The monoisotopic (exact) mass is 302 g/mol. The maximum Gasteiger partial charge on any atom is 0.0677 e. The largest absolute Gasteiger partial charge is 0.280 e. The van der Waals surface area contributed by atoms with E-state index in [-0.39, 0.29) is 0 Å². The Kier molecular flexibility index (Phi) is 6.73. The van der Waals surface area contributed by atoms with Crippen molar-refractivity contribution in [2.45, 2.75) is 6.92 Å². The molecule has 0 saturated carbocycles. The Hall–Kier alpha value is -1.20. The number of rotatable bonds is 6. The van der Waals surface area contributed by atoms with Crippen molar-refractivity contribution in [1.82, 2.24) is 11.0 Å². The fourth-order valence-electron chi connectivity index (χ4n) is 1.37. The minimum Gasteiger partial charge on any atom is -0.280 e. The summed E-state index contributed by atoms with van der Waals surface area (Å²) in [5.41, 5.74) is 7.96. The van der Waals surface area contributed by atoms with Gasteiger partial charge in [0.1, 0.15) is 0 Å². The predicted octanol–water partition coefficient (Wildman–Crippen LogP) is 3.54. The lowest BCUT2D eigenvalue weighted by Crippen LogP contribution is -2.11. The van der Waals surface area contributed by atoms with Crippen molar-refractivity contribution in [3.05, 3.63) is 51.7 Å². The quantitative estimate of drug-likeness (QED) is 0.623. The van der Waals surface area contributed by atoms with Crippen molar-refractivity contribution in [2.24, 2.45) is 0 Å². The Balaban J connectivity index is 3.02. The average Bonchev–Trinajstić information content (AvgIpc) is 2.38. The third-order valence-electron chi connectivity index (χ3n) is 2.21. The topological polar surface area (TPSA) is 42.5 Å². The molecule has 0 amide bonds. The summed E-state index contributed by atoms with van der Waals surface area (Å²) < 4.78 is 0. The zero-order valence-corrected chi connectivity index (χ0v) is 12.5. The molecule has 4 nitrogen and oxygen atoms in total. The Morgan fingerprint density at radius 3 is 2.32 bits per heavy atom. The summed E-state index contributed by atoms with van der Waals surface area (Å²) >= 11 is 11.9. The Bertz CT molecular complexity index is 488. The van der Waals surface area contributed by atoms with Gasteiger partial charge < -0.3 is 0 Å². The fourth-order valence-corrected chi connectivity index (χ4v) is 1.66. The molecule has 0 aliphatic heterocycles. The maximum absolute atomic E-state index is 5.99. The molecule has 2 N–H and O–H groups in total. The first-order chi connectivity index (χ1) is 9.08. The van der Waals surface area contributed by atoms with E-state index in [0.717, 1.165) is 17.0 Å². The molecular formula is C13H16Cl2N2O2. The number of hydrogen-bond acceptors (Lipinski definition) is 4. The van der Waals surface area contributed by atoms with Gasteiger partial charge in [0, 0.05) is 11.3 Å². The van der Waals surface area contributed by atoms with E-state index in [1.54, 1.807) is 19.2 Å². The molecule has 0 bridgehead atoms. The van der Waals surface area contributed by atoms with Crippen LogP contribution in [0.4, 0.5) is 0 Å². The van der Waals surface area contributed by atoms with Crippen LogP contribution in [-0.2, 0) is 9.68 Å². The van der Waals surface area contributed by atoms with Crippen molar-refractivity contribution in [3.63, 3.8) is 0 Å². The molecule has 19 heavy (non-hydrogen) atoms. The molecule has 0 atom stereocenters. The number of hydroxylamine groups is 2. The summed E-state index contributed by atoms with van der Waals surface area (Å²) in [6.45, 7) is 1.87. The van der Waals surface area contributed by atoms with Gasteiger partial charge in [0.15, 0.2) is 0 Å². The highest BCUT2D eigenvalue weighted by molar-refractivity contribution is 6.42. The molecule has 0 saturated heterocycles. The lowest BCUT2D eigenvalue weighted by molar-refractivity contribution is 0.118. The fraction of sp³-hybridized carbons (Fsp3) is 0.231. The lowest BCUT2D eigenvalue weighted by atomic mass is 10.1. The molecule has 0 radical (unpaired) electrons. The zero-order valence-electron chi connectivity index (χ0n) is 11.0. The number of halogens is 2. The molecule has 0 aromatic heterocycles. The molecule has 0 aliphatic rings. The molecule has 1 rings (SSSR count). The van der Waals surface area contributed by atoms with Crippen molar-refractivity contribution in [2.75, 3.05) is 14.2 Å². The van der Waals surface area contributed by atoms with Crippen LogP contribution in [0.15, 0.2) is 36.0 Å². The minimum atomic E-state index is 0.485. The normalized spacial score (nSPS) is 12.5.